The molecule has 0 amide bonds. The van der Waals surface area contributed by atoms with Gasteiger partial charge < -0.3 is 10.6 Å². The number of hydrogen-bond acceptors (Lipinski definition) is 3. The molecule has 9 heteroatoms. The Bertz CT molecular complexity index is 612. The van der Waals surface area contributed by atoms with Crippen LogP contribution in [-0.2, 0) is 12.7 Å². The Hall–Kier alpha value is -1.07. The van der Waals surface area contributed by atoms with Crippen LogP contribution in [0.3, 0.4) is 0 Å². The number of benzene rings is 1. The molecule has 1 atom stereocenters. The molecule has 4 rings (SSSR count). The van der Waals surface area contributed by atoms with Crippen LogP contribution >= 0.6 is 24.0 Å². The van der Waals surface area contributed by atoms with E-state index >= 15 is 0 Å². The first kappa shape index (κ1) is 22.2. The first-order valence-corrected chi connectivity index (χ1v) is 9.10. The summed E-state index contributed by atoms with van der Waals surface area (Å²) in [5.74, 6) is 0.699. The molecule has 0 radical (unpaired) electrons. The highest BCUT2D eigenvalue weighted by molar-refractivity contribution is 14.0. The molecule has 3 heterocycles. The Labute approximate surface area is 175 Å². The smallest absolute Gasteiger partial charge is 0.357 e. The quantitative estimate of drug-likeness (QED) is 0.373. The van der Waals surface area contributed by atoms with Gasteiger partial charge in [0.25, 0.3) is 0 Å². The van der Waals surface area contributed by atoms with Gasteiger partial charge in [-0.1, -0.05) is 12.1 Å². The van der Waals surface area contributed by atoms with Gasteiger partial charge in [-0.3, -0.25) is 9.80 Å². The molecule has 152 valence electrons. The number of guanidine groups is 1. The van der Waals surface area contributed by atoms with Gasteiger partial charge in [0.1, 0.15) is 0 Å². The minimum absolute atomic E-state index is 0. The van der Waals surface area contributed by atoms with E-state index in [9.17, 15) is 13.2 Å². The maximum absolute atomic E-state index is 12.6. The fraction of sp³-hybridized carbons (Fsp3) is 0.611. The zero-order valence-corrected chi connectivity index (χ0v) is 17.8. The van der Waals surface area contributed by atoms with E-state index in [0.717, 1.165) is 63.5 Å². The van der Waals surface area contributed by atoms with Crippen LogP contribution in [0.1, 0.15) is 18.1 Å². The zero-order chi connectivity index (χ0) is 18.6. The lowest BCUT2D eigenvalue weighted by Crippen LogP contribution is -2.63. The molecule has 2 N–H and O–H groups in total. The molecule has 3 aliphatic heterocycles. The van der Waals surface area contributed by atoms with Crippen molar-refractivity contribution in [3.05, 3.63) is 35.4 Å². The van der Waals surface area contributed by atoms with Gasteiger partial charge in [0.05, 0.1) is 12.1 Å². The molecular weight excluding hydrogens is 470 g/mol. The summed E-state index contributed by atoms with van der Waals surface area (Å²) in [6, 6.07) is 5.65. The molecule has 2 bridgehead atoms. The van der Waals surface area contributed by atoms with Crippen LogP contribution in [0.25, 0.3) is 0 Å². The molecule has 1 aromatic rings. The van der Waals surface area contributed by atoms with E-state index in [2.05, 4.69) is 25.4 Å². The molecule has 3 aliphatic rings. The molecule has 0 saturated carbocycles. The first-order chi connectivity index (χ1) is 12.5. The van der Waals surface area contributed by atoms with E-state index in [-0.39, 0.29) is 24.0 Å². The van der Waals surface area contributed by atoms with Gasteiger partial charge in [0.15, 0.2) is 5.96 Å². The van der Waals surface area contributed by atoms with E-state index in [1.807, 2.05) is 6.92 Å². The number of nitrogens with one attached hydrogen (secondary N) is 2. The summed E-state index contributed by atoms with van der Waals surface area (Å²) in [6.45, 7) is 9.50. The van der Waals surface area contributed by atoms with Gasteiger partial charge in [-0.25, -0.2) is 4.99 Å². The summed E-state index contributed by atoms with van der Waals surface area (Å²) in [4.78, 5) is 9.49. The SMILES string of the molecule is CCNC(=NCc1ccc(C(F)(F)F)cc1)NCC1CN2CCN1CC2.I. The van der Waals surface area contributed by atoms with Crippen molar-refractivity contribution in [2.75, 3.05) is 45.8 Å². The molecular formula is C18H27F3IN5. The third kappa shape index (κ3) is 6.21. The number of fused-ring (bicyclic) bond motifs is 3. The molecule has 0 aliphatic carbocycles. The van der Waals surface area contributed by atoms with Crippen LogP contribution in [0.5, 0.6) is 0 Å². The van der Waals surface area contributed by atoms with Crippen LogP contribution < -0.4 is 10.6 Å². The lowest BCUT2D eigenvalue weighted by Gasteiger charge is -2.47. The van der Waals surface area contributed by atoms with Crippen molar-refractivity contribution in [2.24, 2.45) is 4.99 Å². The molecule has 5 nitrogen and oxygen atoms in total. The van der Waals surface area contributed by atoms with Crippen molar-refractivity contribution >= 4 is 29.9 Å². The molecule has 1 unspecified atom stereocenters. The maximum atomic E-state index is 12.6. The second kappa shape index (κ2) is 9.92. The van der Waals surface area contributed by atoms with Gasteiger partial charge >= 0.3 is 6.18 Å². The fourth-order valence-electron chi connectivity index (χ4n) is 3.44. The summed E-state index contributed by atoms with van der Waals surface area (Å²) in [7, 11) is 0. The van der Waals surface area contributed by atoms with Crippen LogP contribution in [0.2, 0.25) is 0 Å². The summed E-state index contributed by atoms with van der Waals surface area (Å²) in [5, 5.41) is 6.57. The normalized spacial score (nSPS) is 25.0. The van der Waals surface area contributed by atoms with E-state index < -0.39 is 11.7 Å². The van der Waals surface area contributed by atoms with Crippen LogP contribution in [0, 0.1) is 0 Å². The second-order valence-electron chi connectivity index (χ2n) is 6.76. The Morgan fingerprint density at radius 3 is 2.30 bits per heavy atom. The highest BCUT2D eigenvalue weighted by atomic mass is 127. The predicted octanol–water partition coefficient (Wildman–Crippen LogP) is 2.38. The summed E-state index contributed by atoms with van der Waals surface area (Å²) >= 11 is 0. The Morgan fingerprint density at radius 1 is 1.11 bits per heavy atom. The van der Waals surface area contributed by atoms with Crippen LogP contribution in [0.4, 0.5) is 13.2 Å². The van der Waals surface area contributed by atoms with Gasteiger partial charge in [-0.2, -0.15) is 13.2 Å². The van der Waals surface area contributed by atoms with Gasteiger partial charge in [0.2, 0.25) is 0 Å². The predicted molar refractivity (Wildman–Crippen MR) is 111 cm³/mol. The second-order valence-corrected chi connectivity index (χ2v) is 6.76. The van der Waals surface area contributed by atoms with Crippen molar-refractivity contribution in [1.29, 1.82) is 0 Å². The van der Waals surface area contributed by atoms with E-state index in [0.29, 0.717) is 18.5 Å². The Kier molecular flexibility index (Phi) is 8.17. The lowest BCUT2D eigenvalue weighted by molar-refractivity contribution is -0.137. The van der Waals surface area contributed by atoms with E-state index in [1.54, 1.807) is 0 Å². The van der Waals surface area contributed by atoms with Crippen molar-refractivity contribution in [1.82, 2.24) is 20.4 Å². The van der Waals surface area contributed by atoms with Gasteiger partial charge in [-0.05, 0) is 24.6 Å². The van der Waals surface area contributed by atoms with Crippen LogP contribution in [-0.4, -0.2) is 67.6 Å². The summed E-state index contributed by atoms with van der Waals surface area (Å²) in [6.07, 6.45) is -4.30. The number of hydrogen-bond donors (Lipinski definition) is 2. The number of nitrogens with zero attached hydrogens (tertiary/aromatic N) is 3. The third-order valence-corrected chi connectivity index (χ3v) is 4.94. The van der Waals surface area contributed by atoms with Crippen molar-refractivity contribution in [2.45, 2.75) is 25.7 Å². The standard InChI is InChI=1S/C18H26F3N5.HI/c1-2-22-17(24-12-16-13-25-7-9-26(16)10-8-25)23-11-14-3-5-15(6-4-14)18(19,20)21;/h3-6,16H,2,7-13H2,1H3,(H2,22,23,24);1H. The molecule has 3 fully saturated rings. The minimum atomic E-state index is -4.30. The summed E-state index contributed by atoms with van der Waals surface area (Å²) < 4.78 is 37.9. The largest absolute Gasteiger partial charge is 0.416 e. The topological polar surface area (TPSA) is 42.9 Å². The van der Waals surface area contributed by atoms with Crippen molar-refractivity contribution in [3.63, 3.8) is 0 Å². The maximum Gasteiger partial charge on any atom is 0.416 e. The number of rotatable bonds is 5. The molecule has 1 aromatic carbocycles. The monoisotopic (exact) mass is 497 g/mol. The highest BCUT2D eigenvalue weighted by Crippen LogP contribution is 2.29. The molecule has 0 aromatic heterocycles. The first-order valence-electron chi connectivity index (χ1n) is 9.10. The number of piperazine rings is 3. The third-order valence-electron chi connectivity index (χ3n) is 4.94. The average Bonchev–Trinajstić information content (AvgIpc) is 2.64. The van der Waals surface area contributed by atoms with Gasteiger partial charge in [-0.15, -0.1) is 24.0 Å². The Balaban J connectivity index is 0.00000261. The van der Waals surface area contributed by atoms with Crippen molar-refractivity contribution < 1.29 is 13.2 Å². The average molecular weight is 497 g/mol. The molecule has 3 saturated heterocycles. The lowest BCUT2D eigenvalue weighted by atomic mass is 10.1. The molecule has 27 heavy (non-hydrogen) atoms. The molecule has 0 spiro atoms. The zero-order valence-electron chi connectivity index (χ0n) is 15.4. The van der Waals surface area contributed by atoms with Gasteiger partial charge in [0, 0.05) is 51.9 Å². The van der Waals surface area contributed by atoms with Crippen LogP contribution in [0.15, 0.2) is 29.3 Å². The van der Waals surface area contributed by atoms with E-state index in [1.165, 1.54) is 12.1 Å². The Morgan fingerprint density at radius 2 is 1.78 bits per heavy atom. The number of aliphatic imine (C=N–C) groups is 1. The number of halogens is 4. The number of alkyl halides is 3. The fourth-order valence-corrected chi connectivity index (χ4v) is 3.44. The summed E-state index contributed by atoms with van der Waals surface area (Å²) in [5.41, 5.74) is 0.119. The van der Waals surface area contributed by atoms with Crippen molar-refractivity contribution in [3.8, 4) is 0 Å². The highest BCUT2D eigenvalue weighted by Gasteiger charge is 2.31. The van der Waals surface area contributed by atoms with E-state index in [4.69, 9.17) is 0 Å². The minimum Gasteiger partial charge on any atom is -0.357 e.